The van der Waals surface area contributed by atoms with E-state index >= 15 is 0 Å². The molecule has 0 bridgehead atoms. The van der Waals surface area contributed by atoms with Crippen molar-refractivity contribution in [3.05, 3.63) is 59.4 Å². The normalized spacial score (nSPS) is 16.2. The quantitative estimate of drug-likeness (QED) is 0.277. The molecule has 180 valence electrons. The third kappa shape index (κ3) is 4.16. The average molecular weight is 457 g/mol. The minimum absolute atomic E-state index is 0.147. The number of hydrogen-bond donors (Lipinski definition) is 0. The van der Waals surface area contributed by atoms with Crippen molar-refractivity contribution in [2.24, 2.45) is 0 Å². The summed E-state index contributed by atoms with van der Waals surface area (Å²) in [5.74, 6) is 0. The Morgan fingerprint density at radius 3 is 1.35 bits per heavy atom. The Morgan fingerprint density at radius 2 is 0.971 bits per heavy atom. The van der Waals surface area contributed by atoms with Gasteiger partial charge in [0.05, 0.1) is 11.0 Å². The number of rotatable bonds is 0. The molecule has 34 heavy (non-hydrogen) atoms. The first-order chi connectivity index (χ1) is 16.1. The lowest BCUT2D eigenvalue weighted by atomic mass is 10.1. The lowest BCUT2D eigenvalue weighted by Crippen LogP contribution is -2.20. The van der Waals surface area contributed by atoms with Crippen molar-refractivity contribution >= 4 is 21.8 Å². The SMILES string of the molecule is CC(C)(C)n1cc2c3c(nccc31)CCCC2.CC(C)(C)n1cc2c3c(nccc31)CCCC2. The molecule has 0 radical (unpaired) electrons. The van der Waals surface area contributed by atoms with Crippen LogP contribution in [0.25, 0.3) is 21.8 Å². The summed E-state index contributed by atoms with van der Waals surface area (Å²) in [6.07, 6.45) is 18.5. The van der Waals surface area contributed by atoms with E-state index in [1.807, 2.05) is 12.4 Å². The highest BCUT2D eigenvalue weighted by molar-refractivity contribution is 5.87. The Morgan fingerprint density at radius 1 is 0.588 bits per heavy atom. The summed E-state index contributed by atoms with van der Waals surface area (Å²) in [6, 6.07) is 4.33. The summed E-state index contributed by atoms with van der Waals surface area (Å²) in [5.41, 5.74) is 8.61. The van der Waals surface area contributed by atoms with Crippen LogP contribution in [0.15, 0.2) is 36.9 Å². The highest BCUT2D eigenvalue weighted by atomic mass is 15.0. The van der Waals surface area contributed by atoms with Crippen LogP contribution in [-0.4, -0.2) is 19.1 Å². The maximum absolute atomic E-state index is 4.58. The zero-order valence-electron chi connectivity index (χ0n) is 21.9. The first-order valence-electron chi connectivity index (χ1n) is 13.1. The molecule has 0 aliphatic heterocycles. The summed E-state index contributed by atoms with van der Waals surface area (Å²) < 4.78 is 4.82. The van der Waals surface area contributed by atoms with Gasteiger partial charge in [0.25, 0.3) is 0 Å². The average Bonchev–Trinajstić information content (AvgIpc) is 3.18. The number of nitrogens with zero attached hydrogens (tertiary/aromatic N) is 4. The predicted molar refractivity (Wildman–Crippen MR) is 143 cm³/mol. The Bertz CT molecular complexity index is 1220. The molecule has 2 aliphatic rings. The maximum Gasteiger partial charge on any atom is 0.0522 e. The molecule has 2 aliphatic carbocycles. The second kappa shape index (κ2) is 8.55. The van der Waals surface area contributed by atoms with E-state index in [9.17, 15) is 0 Å². The summed E-state index contributed by atoms with van der Waals surface area (Å²) in [7, 11) is 0. The van der Waals surface area contributed by atoms with Gasteiger partial charge in [0, 0.05) is 58.0 Å². The summed E-state index contributed by atoms with van der Waals surface area (Å²) in [5, 5.41) is 2.86. The lowest BCUT2D eigenvalue weighted by Gasteiger charge is -2.22. The molecule has 6 rings (SSSR count). The second-order valence-corrected chi connectivity index (χ2v) is 12.1. The molecule has 4 aromatic rings. The van der Waals surface area contributed by atoms with E-state index in [0.717, 1.165) is 12.8 Å². The van der Waals surface area contributed by atoms with Gasteiger partial charge in [-0.3, -0.25) is 9.97 Å². The molecule has 4 heterocycles. The molecular formula is C30H40N4. The Kier molecular flexibility index (Phi) is 5.82. The number of aromatic nitrogens is 4. The fourth-order valence-electron chi connectivity index (χ4n) is 5.75. The predicted octanol–water partition coefficient (Wildman–Crippen LogP) is 7.34. The first kappa shape index (κ1) is 23.1. The van der Waals surface area contributed by atoms with E-state index in [2.05, 4.69) is 85.2 Å². The standard InChI is InChI=1S/2C15H20N2/c2*1-15(2,3)17-10-11-6-4-5-7-12-14(11)13(17)8-9-16-12/h2*8-10H,4-7H2,1-3H3. The largest absolute Gasteiger partial charge is 0.342 e. The summed E-state index contributed by atoms with van der Waals surface area (Å²) in [6.45, 7) is 13.6. The van der Waals surface area contributed by atoms with Crippen LogP contribution in [0.5, 0.6) is 0 Å². The van der Waals surface area contributed by atoms with Gasteiger partial charge >= 0.3 is 0 Å². The molecule has 0 saturated carbocycles. The third-order valence-corrected chi connectivity index (χ3v) is 7.41. The number of pyridine rings is 2. The van der Waals surface area contributed by atoms with Crippen molar-refractivity contribution in [3.8, 4) is 0 Å². The van der Waals surface area contributed by atoms with Gasteiger partial charge in [0.1, 0.15) is 0 Å². The molecule has 4 heteroatoms. The zero-order valence-corrected chi connectivity index (χ0v) is 21.9. The van der Waals surface area contributed by atoms with Crippen molar-refractivity contribution in [1.29, 1.82) is 0 Å². The van der Waals surface area contributed by atoms with Gasteiger partial charge in [-0.05, 0) is 116 Å². The van der Waals surface area contributed by atoms with Crippen molar-refractivity contribution < 1.29 is 0 Å². The summed E-state index contributed by atoms with van der Waals surface area (Å²) >= 11 is 0. The molecule has 0 fully saturated rings. The molecule has 0 saturated heterocycles. The molecule has 4 aromatic heterocycles. The van der Waals surface area contributed by atoms with Crippen molar-refractivity contribution in [2.45, 2.75) is 104 Å². The molecule has 4 nitrogen and oxygen atoms in total. The third-order valence-electron chi connectivity index (χ3n) is 7.41. The number of aryl methyl sites for hydroxylation is 4. The van der Waals surface area contributed by atoms with Gasteiger partial charge in [-0.25, -0.2) is 0 Å². The van der Waals surface area contributed by atoms with E-state index in [1.165, 1.54) is 82.8 Å². The van der Waals surface area contributed by atoms with E-state index in [0.29, 0.717) is 0 Å². The molecular weight excluding hydrogens is 416 g/mol. The highest BCUT2D eigenvalue weighted by Gasteiger charge is 2.22. The van der Waals surface area contributed by atoms with Crippen LogP contribution in [-0.2, 0) is 36.8 Å². The zero-order chi connectivity index (χ0) is 24.1. The molecule has 0 N–H and O–H groups in total. The smallest absolute Gasteiger partial charge is 0.0522 e. The fraction of sp³-hybridized carbons (Fsp3) is 0.533. The Balaban J connectivity index is 0.000000142. The van der Waals surface area contributed by atoms with Crippen LogP contribution in [0.3, 0.4) is 0 Å². The second-order valence-electron chi connectivity index (χ2n) is 12.1. The van der Waals surface area contributed by atoms with Crippen LogP contribution in [0.1, 0.15) is 89.7 Å². The van der Waals surface area contributed by atoms with Gasteiger partial charge in [0.15, 0.2) is 0 Å². The highest BCUT2D eigenvalue weighted by Crippen LogP contribution is 2.34. The van der Waals surface area contributed by atoms with E-state index in [4.69, 9.17) is 0 Å². The minimum atomic E-state index is 0.147. The Hall–Kier alpha value is -2.62. The summed E-state index contributed by atoms with van der Waals surface area (Å²) in [4.78, 5) is 9.16. The van der Waals surface area contributed by atoms with Crippen LogP contribution in [0.4, 0.5) is 0 Å². The lowest BCUT2D eigenvalue weighted by molar-refractivity contribution is 0.409. The molecule has 0 unspecified atom stereocenters. The van der Waals surface area contributed by atoms with Gasteiger partial charge < -0.3 is 9.13 Å². The minimum Gasteiger partial charge on any atom is -0.342 e. The van der Waals surface area contributed by atoms with E-state index in [1.54, 1.807) is 0 Å². The van der Waals surface area contributed by atoms with Gasteiger partial charge in [-0.2, -0.15) is 0 Å². The van der Waals surface area contributed by atoms with Crippen molar-refractivity contribution in [3.63, 3.8) is 0 Å². The molecule has 0 atom stereocenters. The van der Waals surface area contributed by atoms with Crippen molar-refractivity contribution in [2.75, 3.05) is 0 Å². The maximum atomic E-state index is 4.58. The van der Waals surface area contributed by atoms with Crippen LogP contribution in [0, 0.1) is 0 Å². The first-order valence-corrected chi connectivity index (χ1v) is 13.1. The number of hydrogen-bond acceptors (Lipinski definition) is 2. The van der Waals surface area contributed by atoms with Crippen LogP contribution >= 0.6 is 0 Å². The molecule has 0 aromatic carbocycles. The van der Waals surface area contributed by atoms with Crippen LogP contribution < -0.4 is 0 Å². The van der Waals surface area contributed by atoms with Crippen molar-refractivity contribution in [1.82, 2.24) is 19.1 Å². The van der Waals surface area contributed by atoms with Gasteiger partial charge in [-0.15, -0.1) is 0 Å². The molecule has 0 spiro atoms. The topological polar surface area (TPSA) is 35.6 Å². The molecule has 0 amide bonds. The van der Waals surface area contributed by atoms with E-state index < -0.39 is 0 Å². The van der Waals surface area contributed by atoms with Gasteiger partial charge in [0.2, 0.25) is 0 Å². The van der Waals surface area contributed by atoms with E-state index in [-0.39, 0.29) is 11.1 Å². The van der Waals surface area contributed by atoms with Crippen LogP contribution in [0.2, 0.25) is 0 Å². The fourth-order valence-corrected chi connectivity index (χ4v) is 5.75. The monoisotopic (exact) mass is 456 g/mol. The van der Waals surface area contributed by atoms with Gasteiger partial charge in [-0.1, -0.05) is 0 Å². The Labute approximate surface area is 204 Å².